The van der Waals surface area contributed by atoms with Crippen molar-refractivity contribution in [1.82, 2.24) is 14.7 Å². The molecule has 2 amide bonds. The average molecular weight is 461 g/mol. The molecule has 0 bridgehead atoms. The van der Waals surface area contributed by atoms with E-state index in [9.17, 15) is 9.59 Å². The molecule has 0 aliphatic carbocycles. The highest BCUT2D eigenvalue weighted by molar-refractivity contribution is 6.30. The van der Waals surface area contributed by atoms with Crippen LogP contribution in [0.15, 0.2) is 77.4 Å². The van der Waals surface area contributed by atoms with Gasteiger partial charge < -0.3 is 14.6 Å². The Morgan fingerprint density at radius 2 is 1.97 bits per heavy atom. The van der Waals surface area contributed by atoms with Gasteiger partial charge in [0.05, 0.1) is 12.0 Å². The van der Waals surface area contributed by atoms with Crippen LogP contribution in [0.5, 0.6) is 0 Å². The molecule has 5 rings (SSSR count). The molecule has 0 unspecified atom stereocenters. The Morgan fingerprint density at radius 3 is 2.73 bits per heavy atom. The van der Waals surface area contributed by atoms with Crippen molar-refractivity contribution in [2.45, 2.75) is 19.4 Å². The highest BCUT2D eigenvalue weighted by Crippen LogP contribution is 2.26. The van der Waals surface area contributed by atoms with Crippen molar-refractivity contribution in [2.75, 3.05) is 11.9 Å². The van der Waals surface area contributed by atoms with Gasteiger partial charge in [-0.15, -0.1) is 0 Å². The van der Waals surface area contributed by atoms with E-state index < -0.39 is 0 Å². The maximum Gasteiger partial charge on any atom is 0.276 e. The molecule has 7 nitrogen and oxygen atoms in total. The van der Waals surface area contributed by atoms with Crippen LogP contribution in [0.2, 0.25) is 5.02 Å². The summed E-state index contributed by atoms with van der Waals surface area (Å²) in [5, 5.41) is 7.99. The molecule has 1 fully saturated rings. The second-order valence-electron chi connectivity index (χ2n) is 7.86. The summed E-state index contributed by atoms with van der Waals surface area (Å²) in [7, 11) is 0. The van der Waals surface area contributed by atoms with Crippen LogP contribution in [0.1, 0.15) is 28.9 Å². The third-order valence-corrected chi connectivity index (χ3v) is 5.73. The van der Waals surface area contributed by atoms with Gasteiger partial charge >= 0.3 is 0 Å². The first-order valence-electron chi connectivity index (χ1n) is 10.6. The fraction of sp³-hybridized carbons (Fsp3) is 0.160. The zero-order valence-electron chi connectivity index (χ0n) is 17.7. The molecule has 8 heteroatoms. The van der Waals surface area contributed by atoms with Crippen LogP contribution in [0.25, 0.3) is 17.1 Å². The highest BCUT2D eigenvalue weighted by atomic mass is 35.5. The molecule has 0 spiro atoms. The van der Waals surface area contributed by atoms with Crippen molar-refractivity contribution in [1.29, 1.82) is 0 Å². The van der Waals surface area contributed by atoms with E-state index in [4.69, 9.17) is 16.0 Å². The zero-order valence-corrected chi connectivity index (χ0v) is 18.5. The van der Waals surface area contributed by atoms with Crippen LogP contribution >= 0.6 is 11.6 Å². The molecule has 1 N–H and O–H groups in total. The van der Waals surface area contributed by atoms with Crippen molar-refractivity contribution < 1.29 is 14.0 Å². The predicted octanol–water partition coefficient (Wildman–Crippen LogP) is 5.16. The van der Waals surface area contributed by atoms with Gasteiger partial charge in [0.15, 0.2) is 11.5 Å². The number of hydrogen-bond acceptors (Lipinski definition) is 4. The smallest absolute Gasteiger partial charge is 0.276 e. The first-order valence-corrected chi connectivity index (χ1v) is 11.0. The third kappa shape index (κ3) is 4.54. The van der Waals surface area contributed by atoms with Crippen LogP contribution in [0.3, 0.4) is 0 Å². The van der Waals surface area contributed by atoms with Crippen LogP contribution < -0.4 is 5.32 Å². The van der Waals surface area contributed by atoms with Crippen molar-refractivity contribution in [3.05, 3.63) is 89.3 Å². The number of aromatic nitrogens is 2. The molecule has 1 aliphatic heterocycles. The van der Waals surface area contributed by atoms with E-state index in [1.807, 2.05) is 47.4 Å². The van der Waals surface area contributed by atoms with Gasteiger partial charge in [0.2, 0.25) is 5.91 Å². The molecule has 4 aromatic rings. The molecular formula is C25H21ClN4O3. The molecule has 3 heterocycles. The number of nitrogens with zero attached hydrogens (tertiary/aromatic N) is 3. The minimum absolute atomic E-state index is 0.168. The topological polar surface area (TPSA) is 80.4 Å². The zero-order chi connectivity index (χ0) is 22.8. The van der Waals surface area contributed by atoms with Gasteiger partial charge in [0.1, 0.15) is 5.69 Å². The number of halogens is 1. The van der Waals surface area contributed by atoms with Crippen molar-refractivity contribution in [3.63, 3.8) is 0 Å². The summed E-state index contributed by atoms with van der Waals surface area (Å²) in [5.41, 5.74) is 3.19. The van der Waals surface area contributed by atoms with E-state index >= 15 is 0 Å². The lowest BCUT2D eigenvalue weighted by atomic mass is 10.2. The maximum absolute atomic E-state index is 13.0. The van der Waals surface area contributed by atoms with Crippen LogP contribution in [-0.2, 0) is 11.3 Å². The number of likely N-dealkylation sites (tertiary alicyclic amines) is 1. The van der Waals surface area contributed by atoms with Gasteiger partial charge in [-0.2, -0.15) is 5.10 Å². The molecule has 1 saturated heterocycles. The highest BCUT2D eigenvalue weighted by Gasteiger charge is 2.21. The summed E-state index contributed by atoms with van der Waals surface area (Å²) in [6.45, 7) is 1.31. The van der Waals surface area contributed by atoms with E-state index in [1.165, 1.54) is 0 Å². The Kier molecular flexibility index (Phi) is 5.71. The standard InChI is InChI=1S/C25H21ClN4O3/c26-18-6-2-8-20(14-18)30-22(23-9-4-12-33-23)15-21(28-30)25(32)27-19-7-1-5-17(13-19)16-29-11-3-10-24(29)31/h1-2,4-9,12-15H,3,10-11,16H2,(H,27,32). The largest absolute Gasteiger partial charge is 0.463 e. The first kappa shape index (κ1) is 21.0. The Labute approximate surface area is 195 Å². The van der Waals surface area contributed by atoms with Crippen LogP contribution in [0.4, 0.5) is 5.69 Å². The SMILES string of the molecule is O=C(Nc1cccc(CN2CCCC2=O)c1)c1cc(-c2ccco2)n(-c2cccc(Cl)c2)n1. The fourth-order valence-electron chi connectivity index (χ4n) is 3.93. The van der Waals surface area contributed by atoms with E-state index in [1.54, 1.807) is 35.2 Å². The van der Waals surface area contributed by atoms with E-state index in [0.29, 0.717) is 40.8 Å². The molecule has 2 aromatic carbocycles. The molecule has 166 valence electrons. The molecule has 0 radical (unpaired) electrons. The van der Waals surface area contributed by atoms with Gasteiger partial charge in [0, 0.05) is 36.3 Å². The number of carbonyl (C=O) groups excluding carboxylic acids is 2. The summed E-state index contributed by atoms with van der Waals surface area (Å²) in [6, 6.07) is 20.0. The number of hydrogen-bond donors (Lipinski definition) is 1. The van der Waals surface area contributed by atoms with Crippen LogP contribution in [0, 0.1) is 0 Å². The number of anilines is 1. The summed E-state index contributed by atoms with van der Waals surface area (Å²) in [4.78, 5) is 26.8. The summed E-state index contributed by atoms with van der Waals surface area (Å²) in [6.07, 6.45) is 3.06. The molecule has 2 aromatic heterocycles. The number of benzene rings is 2. The first-order chi connectivity index (χ1) is 16.1. The van der Waals surface area contributed by atoms with E-state index in [2.05, 4.69) is 10.4 Å². The number of furan rings is 1. The molecule has 0 atom stereocenters. The Morgan fingerprint density at radius 1 is 1.09 bits per heavy atom. The van der Waals surface area contributed by atoms with E-state index in [0.717, 1.165) is 18.5 Å². The molecular weight excluding hydrogens is 440 g/mol. The van der Waals surface area contributed by atoms with Gasteiger partial charge in [-0.25, -0.2) is 4.68 Å². The average Bonchev–Trinajstić information content (AvgIpc) is 3.55. The lowest BCUT2D eigenvalue weighted by Crippen LogP contribution is -2.23. The van der Waals surface area contributed by atoms with Gasteiger partial charge in [0.25, 0.3) is 5.91 Å². The lowest BCUT2D eigenvalue weighted by molar-refractivity contribution is -0.128. The second kappa shape index (κ2) is 8.96. The second-order valence-corrected chi connectivity index (χ2v) is 8.29. The fourth-order valence-corrected chi connectivity index (χ4v) is 4.12. The summed E-state index contributed by atoms with van der Waals surface area (Å²) < 4.78 is 7.19. The minimum Gasteiger partial charge on any atom is -0.463 e. The van der Waals surface area contributed by atoms with Gasteiger partial charge in [-0.1, -0.05) is 29.8 Å². The number of amides is 2. The third-order valence-electron chi connectivity index (χ3n) is 5.50. The summed E-state index contributed by atoms with van der Waals surface area (Å²) in [5.74, 6) is 0.401. The molecule has 1 aliphatic rings. The van der Waals surface area contributed by atoms with Gasteiger partial charge in [-0.05, 0) is 54.4 Å². The quantitative estimate of drug-likeness (QED) is 0.431. The minimum atomic E-state index is -0.349. The Bertz CT molecular complexity index is 1310. The predicted molar refractivity (Wildman–Crippen MR) is 125 cm³/mol. The van der Waals surface area contributed by atoms with E-state index in [-0.39, 0.29) is 17.5 Å². The van der Waals surface area contributed by atoms with Crippen molar-refractivity contribution in [3.8, 4) is 17.1 Å². The van der Waals surface area contributed by atoms with Crippen molar-refractivity contribution in [2.24, 2.45) is 0 Å². The monoisotopic (exact) mass is 460 g/mol. The Hall–Kier alpha value is -3.84. The number of carbonyl (C=O) groups is 2. The number of nitrogens with one attached hydrogen (secondary N) is 1. The number of rotatable bonds is 6. The normalized spacial score (nSPS) is 13.5. The van der Waals surface area contributed by atoms with Crippen LogP contribution in [-0.4, -0.2) is 33.0 Å². The van der Waals surface area contributed by atoms with Gasteiger partial charge in [-0.3, -0.25) is 9.59 Å². The lowest BCUT2D eigenvalue weighted by Gasteiger charge is -2.16. The Balaban J connectivity index is 1.41. The summed E-state index contributed by atoms with van der Waals surface area (Å²) >= 11 is 6.16. The molecule has 0 saturated carbocycles. The van der Waals surface area contributed by atoms with Crippen molar-refractivity contribution >= 4 is 29.1 Å². The molecule has 33 heavy (non-hydrogen) atoms. The maximum atomic E-state index is 13.0.